The molecular weight excluding hydrogens is 286 g/mol. The number of hydrogen-bond acceptors (Lipinski definition) is 2. The number of carboxylic acids is 1. The Balaban J connectivity index is 2.09. The highest BCUT2D eigenvalue weighted by molar-refractivity contribution is 6.30. The van der Waals surface area contributed by atoms with Gasteiger partial charge in [0.05, 0.1) is 5.41 Å². The molecule has 0 radical (unpaired) electrons. The molecule has 0 spiro atoms. The molecule has 1 fully saturated rings. The van der Waals surface area contributed by atoms with E-state index in [1.165, 1.54) is 5.56 Å². The van der Waals surface area contributed by atoms with Crippen LogP contribution in [-0.4, -0.2) is 29.1 Å². The smallest absolute Gasteiger partial charge is 0.309 e. The van der Waals surface area contributed by atoms with Gasteiger partial charge >= 0.3 is 5.97 Å². The minimum Gasteiger partial charge on any atom is -0.481 e. The van der Waals surface area contributed by atoms with Crippen molar-refractivity contribution in [2.75, 3.05) is 13.1 Å². The standard InChI is InChI=1S/C17H24ClNO2/c1-3-15(13-5-7-14(18)8-6-13)19-11-9-17(4-2,10-12-19)16(20)21/h5-8,15H,3-4,9-12H2,1-2H3,(H,20,21). The third kappa shape index (κ3) is 3.41. The molecule has 1 N–H and O–H groups in total. The van der Waals surface area contributed by atoms with Gasteiger partial charge in [0, 0.05) is 11.1 Å². The zero-order chi connectivity index (χ0) is 15.5. The highest BCUT2D eigenvalue weighted by Crippen LogP contribution is 2.38. The molecule has 0 aromatic heterocycles. The van der Waals surface area contributed by atoms with Gasteiger partial charge in [0.1, 0.15) is 0 Å². The third-order valence-electron chi connectivity index (χ3n) is 4.97. The lowest BCUT2D eigenvalue weighted by Gasteiger charge is -2.42. The topological polar surface area (TPSA) is 40.5 Å². The van der Waals surface area contributed by atoms with Crippen molar-refractivity contribution in [3.63, 3.8) is 0 Å². The number of likely N-dealkylation sites (tertiary alicyclic amines) is 1. The second kappa shape index (κ2) is 6.80. The Bertz CT molecular complexity index is 478. The Kier molecular flexibility index (Phi) is 5.28. The number of carboxylic acid groups (broad SMARTS) is 1. The number of halogens is 1. The van der Waals surface area contributed by atoms with Crippen LogP contribution < -0.4 is 0 Å². The van der Waals surface area contributed by atoms with Gasteiger partial charge in [0.2, 0.25) is 0 Å². The second-order valence-corrected chi connectivity index (χ2v) is 6.39. The van der Waals surface area contributed by atoms with Crippen LogP contribution in [0.15, 0.2) is 24.3 Å². The first-order chi connectivity index (χ1) is 10.0. The summed E-state index contributed by atoms with van der Waals surface area (Å²) in [6.07, 6.45) is 3.22. The van der Waals surface area contributed by atoms with Crippen LogP contribution in [0.4, 0.5) is 0 Å². The van der Waals surface area contributed by atoms with Crippen LogP contribution in [0.3, 0.4) is 0 Å². The van der Waals surface area contributed by atoms with E-state index in [1.54, 1.807) is 0 Å². The van der Waals surface area contributed by atoms with Crippen molar-refractivity contribution in [2.45, 2.75) is 45.6 Å². The molecule has 0 saturated carbocycles. The number of hydrogen-bond donors (Lipinski definition) is 1. The van der Waals surface area contributed by atoms with Gasteiger partial charge < -0.3 is 5.11 Å². The Hall–Kier alpha value is -1.06. The van der Waals surface area contributed by atoms with Gasteiger partial charge in [-0.2, -0.15) is 0 Å². The maximum atomic E-state index is 11.5. The zero-order valence-electron chi connectivity index (χ0n) is 12.8. The lowest BCUT2D eigenvalue weighted by atomic mass is 9.75. The summed E-state index contributed by atoms with van der Waals surface area (Å²) in [6.45, 7) is 5.86. The quantitative estimate of drug-likeness (QED) is 0.878. The molecule has 1 unspecified atom stereocenters. The Morgan fingerprint density at radius 3 is 2.29 bits per heavy atom. The van der Waals surface area contributed by atoms with Gasteiger partial charge in [-0.25, -0.2) is 0 Å². The molecule has 1 aromatic rings. The van der Waals surface area contributed by atoms with E-state index in [2.05, 4.69) is 24.0 Å². The van der Waals surface area contributed by atoms with Crippen molar-refractivity contribution >= 4 is 17.6 Å². The van der Waals surface area contributed by atoms with Crippen LogP contribution in [0.1, 0.15) is 51.1 Å². The van der Waals surface area contributed by atoms with Gasteiger partial charge in [-0.3, -0.25) is 9.69 Å². The first-order valence-electron chi connectivity index (χ1n) is 7.75. The van der Waals surface area contributed by atoms with Crippen molar-refractivity contribution in [3.8, 4) is 0 Å². The van der Waals surface area contributed by atoms with Crippen LogP contribution in [0, 0.1) is 5.41 Å². The SMILES string of the molecule is CCC(c1ccc(Cl)cc1)N1CCC(CC)(C(=O)O)CC1. The minimum atomic E-state index is -0.635. The number of carbonyl (C=O) groups is 1. The molecule has 4 heteroatoms. The largest absolute Gasteiger partial charge is 0.481 e. The van der Waals surface area contributed by atoms with Crippen molar-refractivity contribution in [3.05, 3.63) is 34.9 Å². The molecule has 1 aromatic carbocycles. The molecule has 21 heavy (non-hydrogen) atoms. The predicted molar refractivity (Wildman–Crippen MR) is 85.7 cm³/mol. The Morgan fingerprint density at radius 2 is 1.86 bits per heavy atom. The highest BCUT2D eigenvalue weighted by Gasteiger charge is 2.40. The van der Waals surface area contributed by atoms with Crippen molar-refractivity contribution in [2.24, 2.45) is 5.41 Å². The van der Waals surface area contributed by atoms with Crippen molar-refractivity contribution in [1.29, 1.82) is 0 Å². The summed E-state index contributed by atoms with van der Waals surface area (Å²) < 4.78 is 0. The molecule has 1 aliphatic heterocycles. The van der Waals surface area contributed by atoms with E-state index in [4.69, 9.17) is 11.6 Å². The fourth-order valence-corrected chi connectivity index (χ4v) is 3.50. The Labute approximate surface area is 131 Å². The molecule has 1 heterocycles. The number of nitrogens with zero attached hydrogens (tertiary/aromatic N) is 1. The van der Waals surface area contributed by atoms with Gasteiger partial charge in [0.25, 0.3) is 0 Å². The average Bonchev–Trinajstić information content (AvgIpc) is 2.50. The summed E-state index contributed by atoms with van der Waals surface area (Å²) in [4.78, 5) is 13.9. The predicted octanol–water partition coefficient (Wildman–Crippen LogP) is 4.37. The third-order valence-corrected chi connectivity index (χ3v) is 5.22. The minimum absolute atomic E-state index is 0.353. The summed E-state index contributed by atoms with van der Waals surface area (Å²) in [5, 5.41) is 10.2. The zero-order valence-corrected chi connectivity index (χ0v) is 13.6. The lowest BCUT2D eigenvalue weighted by Crippen LogP contribution is -2.45. The van der Waals surface area contributed by atoms with Gasteiger partial charge in [-0.15, -0.1) is 0 Å². The Morgan fingerprint density at radius 1 is 1.29 bits per heavy atom. The first kappa shape index (κ1) is 16.3. The van der Waals surface area contributed by atoms with Crippen LogP contribution in [0.25, 0.3) is 0 Å². The first-order valence-corrected chi connectivity index (χ1v) is 8.13. The molecular formula is C17H24ClNO2. The molecule has 3 nitrogen and oxygen atoms in total. The van der Waals surface area contributed by atoms with Crippen LogP contribution in [0.2, 0.25) is 5.02 Å². The normalized spacial score (nSPS) is 20.1. The van der Waals surface area contributed by atoms with E-state index in [9.17, 15) is 9.90 Å². The van der Waals surface area contributed by atoms with Crippen molar-refractivity contribution in [1.82, 2.24) is 4.90 Å². The summed E-state index contributed by atoms with van der Waals surface area (Å²) in [6, 6.07) is 8.37. The number of benzene rings is 1. The lowest BCUT2D eigenvalue weighted by molar-refractivity contribution is -0.152. The molecule has 1 atom stereocenters. The maximum absolute atomic E-state index is 11.5. The van der Waals surface area contributed by atoms with E-state index in [0.29, 0.717) is 12.5 Å². The van der Waals surface area contributed by atoms with E-state index in [1.807, 2.05) is 19.1 Å². The molecule has 116 valence electrons. The fraction of sp³-hybridized carbons (Fsp3) is 0.588. The highest BCUT2D eigenvalue weighted by atomic mass is 35.5. The number of rotatable bonds is 5. The van der Waals surface area contributed by atoms with Gasteiger partial charge in [-0.1, -0.05) is 37.6 Å². The summed E-state index contributed by atoms with van der Waals surface area (Å²) >= 11 is 5.96. The van der Waals surface area contributed by atoms with Crippen LogP contribution in [0.5, 0.6) is 0 Å². The van der Waals surface area contributed by atoms with E-state index in [0.717, 1.165) is 37.4 Å². The van der Waals surface area contributed by atoms with Gasteiger partial charge in [0.15, 0.2) is 0 Å². The molecule has 2 rings (SSSR count). The van der Waals surface area contributed by atoms with Crippen LogP contribution >= 0.6 is 11.6 Å². The summed E-state index contributed by atoms with van der Waals surface area (Å²) in [7, 11) is 0. The average molecular weight is 310 g/mol. The maximum Gasteiger partial charge on any atom is 0.309 e. The van der Waals surface area contributed by atoms with Crippen molar-refractivity contribution < 1.29 is 9.90 Å². The molecule has 0 aliphatic carbocycles. The summed E-state index contributed by atoms with van der Waals surface area (Å²) in [5.74, 6) is -0.635. The van der Waals surface area contributed by atoms with E-state index < -0.39 is 11.4 Å². The molecule has 1 saturated heterocycles. The summed E-state index contributed by atoms with van der Waals surface area (Å²) in [5.41, 5.74) is 0.746. The van der Waals surface area contributed by atoms with E-state index in [-0.39, 0.29) is 0 Å². The monoisotopic (exact) mass is 309 g/mol. The van der Waals surface area contributed by atoms with Gasteiger partial charge in [-0.05, 0) is 56.5 Å². The molecule has 1 aliphatic rings. The molecule has 0 amide bonds. The number of aliphatic carboxylic acids is 1. The second-order valence-electron chi connectivity index (χ2n) is 5.95. The van der Waals surface area contributed by atoms with E-state index >= 15 is 0 Å². The number of piperidine rings is 1. The molecule has 0 bridgehead atoms. The van der Waals surface area contributed by atoms with Crippen LogP contribution in [-0.2, 0) is 4.79 Å². The fourth-order valence-electron chi connectivity index (χ4n) is 3.37.